The van der Waals surface area contributed by atoms with Crippen LogP contribution in [-0.2, 0) is 6.42 Å². The number of nitrogens with one attached hydrogen (secondary N) is 2. The van der Waals surface area contributed by atoms with Gasteiger partial charge in [0.05, 0.1) is 11.1 Å². The molecule has 5 nitrogen and oxygen atoms in total. The normalized spacial score (nSPS) is 17.9. The number of hydrogen-bond donors (Lipinski definition) is 2. The third-order valence-corrected chi connectivity index (χ3v) is 4.08. The Morgan fingerprint density at radius 1 is 1.05 bits per heavy atom. The first-order chi connectivity index (χ1) is 10.2. The van der Waals surface area contributed by atoms with E-state index in [1.54, 1.807) is 6.07 Å². The summed E-state index contributed by atoms with van der Waals surface area (Å²) in [5, 5.41) is 5.70. The Morgan fingerprint density at radius 2 is 1.86 bits per heavy atom. The van der Waals surface area contributed by atoms with Crippen molar-refractivity contribution in [2.45, 2.75) is 18.8 Å². The summed E-state index contributed by atoms with van der Waals surface area (Å²) >= 11 is 0. The van der Waals surface area contributed by atoms with Crippen molar-refractivity contribution in [3.05, 3.63) is 63.6 Å². The van der Waals surface area contributed by atoms with Crippen molar-refractivity contribution < 1.29 is 4.79 Å². The zero-order valence-corrected chi connectivity index (χ0v) is 11.2. The Balaban J connectivity index is 1.83. The Kier molecular flexibility index (Phi) is 2.54. The third-order valence-electron chi connectivity index (χ3n) is 4.08. The maximum absolute atomic E-state index is 12.4. The molecule has 1 aromatic carbocycles. The van der Waals surface area contributed by atoms with Crippen molar-refractivity contribution in [3.8, 4) is 0 Å². The highest BCUT2D eigenvalue weighted by molar-refractivity contribution is 6.01. The number of benzene rings is 1. The molecule has 5 heteroatoms. The van der Waals surface area contributed by atoms with E-state index >= 15 is 0 Å². The number of fused-ring (bicyclic) bond motifs is 2. The van der Waals surface area contributed by atoms with Gasteiger partial charge in [0.15, 0.2) is 11.4 Å². The number of carbonyl (C=O) groups is 1. The summed E-state index contributed by atoms with van der Waals surface area (Å²) in [5.74, 6) is 0.210. The minimum Gasteiger partial charge on any atom is -0.294 e. The van der Waals surface area contributed by atoms with Gasteiger partial charge in [0.1, 0.15) is 0 Å². The van der Waals surface area contributed by atoms with Gasteiger partial charge in [-0.05, 0) is 24.0 Å². The number of Topliss-reactive ketones (excluding diaryl/α,β-unsaturated/α-hetero) is 1. The van der Waals surface area contributed by atoms with Gasteiger partial charge in [-0.15, -0.1) is 0 Å². The van der Waals surface area contributed by atoms with E-state index in [0.717, 1.165) is 11.3 Å². The molecule has 3 aromatic rings. The summed E-state index contributed by atoms with van der Waals surface area (Å²) < 4.78 is 0. The smallest absolute Gasteiger partial charge is 0.273 e. The van der Waals surface area contributed by atoms with E-state index < -0.39 is 0 Å². The SMILES string of the molecule is O=C1C[C@H](c2ccccc2)Cc2nc3[nH][nH]c(=O)c3cc21. The molecule has 2 heterocycles. The van der Waals surface area contributed by atoms with E-state index in [1.807, 2.05) is 30.3 Å². The third kappa shape index (κ3) is 1.89. The van der Waals surface area contributed by atoms with Crippen LogP contribution in [-0.4, -0.2) is 21.0 Å². The second-order valence-electron chi connectivity index (χ2n) is 5.40. The van der Waals surface area contributed by atoms with Crippen LogP contribution in [0.3, 0.4) is 0 Å². The van der Waals surface area contributed by atoms with Crippen molar-refractivity contribution in [3.63, 3.8) is 0 Å². The molecular weight excluding hydrogens is 266 g/mol. The Labute approximate surface area is 120 Å². The molecule has 0 radical (unpaired) electrons. The maximum atomic E-state index is 12.4. The highest BCUT2D eigenvalue weighted by Crippen LogP contribution is 2.32. The van der Waals surface area contributed by atoms with Crippen LogP contribution >= 0.6 is 0 Å². The van der Waals surface area contributed by atoms with Gasteiger partial charge in [-0.2, -0.15) is 0 Å². The molecule has 4 rings (SSSR count). The first-order valence-corrected chi connectivity index (χ1v) is 6.91. The minimum absolute atomic E-state index is 0.0557. The van der Waals surface area contributed by atoms with E-state index in [4.69, 9.17) is 0 Å². The molecule has 0 amide bonds. The van der Waals surface area contributed by atoms with Crippen LogP contribution in [0.2, 0.25) is 0 Å². The number of carbonyl (C=O) groups excluding carboxylic acids is 1. The highest BCUT2D eigenvalue weighted by Gasteiger charge is 2.28. The summed E-state index contributed by atoms with van der Waals surface area (Å²) in [5.41, 5.74) is 2.78. The monoisotopic (exact) mass is 279 g/mol. The summed E-state index contributed by atoms with van der Waals surface area (Å²) in [7, 11) is 0. The van der Waals surface area contributed by atoms with Crippen molar-refractivity contribution in [1.29, 1.82) is 0 Å². The van der Waals surface area contributed by atoms with Crippen LogP contribution in [0.1, 0.15) is 34.0 Å². The van der Waals surface area contributed by atoms with Crippen molar-refractivity contribution in [2.24, 2.45) is 0 Å². The van der Waals surface area contributed by atoms with Crippen LogP contribution in [0.15, 0.2) is 41.2 Å². The van der Waals surface area contributed by atoms with Crippen LogP contribution in [0.4, 0.5) is 0 Å². The largest absolute Gasteiger partial charge is 0.294 e. The van der Waals surface area contributed by atoms with Gasteiger partial charge in [-0.1, -0.05) is 30.3 Å². The van der Waals surface area contributed by atoms with Crippen LogP contribution in [0.5, 0.6) is 0 Å². The molecule has 2 N–H and O–H groups in total. The second kappa shape index (κ2) is 4.41. The zero-order chi connectivity index (χ0) is 14.4. The van der Waals surface area contributed by atoms with Gasteiger partial charge >= 0.3 is 0 Å². The molecule has 0 saturated heterocycles. The molecule has 0 fully saturated rings. The molecule has 1 aliphatic rings. The van der Waals surface area contributed by atoms with Gasteiger partial charge in [0.2, 0.25) is 0 Å². The molecule has 0 saturated carbocycles. The summed E-state index contributed by atoms with van der Waals surface area (Å²) in [6, 6.07) is 11.7. The lowest BCUT2D eigenvalue weighted by atomic mass is 9.81. The predicted molar refractivity (Wildman–Crippen MR) is 78.5 cm³/mol. The maximum Gasteiger partial charge on any atom is 0.273 e. The molecule has 1 atom stereocenters. The fourth-order valence-electron chi connectivity index (χ4n) is 3.00. The number of aromatic amines is 2. The van der Waals surface area contributed by atoms with E-state index in [2.05, 4.69) is 15.2 Å². The molecule has 0 unspecified atom stereocenters. The van der Waals surface area contributed by atoms with Crippen molar-refractivity contribution in [1.82, 2.24) is 15.2 Å². The average Bonchev–Trinajstić information content (AvgIpc) is 2.87. The van der Waals surface area contributed by atoms with Gasteiger partial charge in [-0.25, -0.2) is 4.98 Å². The molecule has 2 aromatic heterocycles. The lowest BCUT2D eigenvalue weighted by Crippen LogP contribution is -2.20. The van der Waals surface area contributed by atoms with E-state index in [-0.39, 0.29) is 17.3 Å². The summed E-state index contributed by atoms with van der Waals surface area (Å²) in [4.78, 5) is 28.5. The quantitative estimate of drug-likeness (QED) is 0.716. The second-order valence-corrected chi connectivity index (χ2v) is 5.40. The average molecular weight is 279 g/mol. The number of H-pyrrole nitrogens is 2. The van der Waals surface area contributed by atoms with Crippen LogP contribution in [0, 0.1) is 0 Å². The molecule has 0 aliphatic heterocycles. The Bertz CT molecular complexity index is 893. The molecular formula is C16H13N3O2. The lowest BCUT2D eigenvalue weighted by molar-refractivity contribution is 0.0963. The van der Waals surface area contributed by atoms with Gasteiger partial charge in [-0.3, -0.25) is 19.8 Å². The molecule has 21 heavy (non-hydrogen) atoms. The lowest BCUT2D eigenvalue weighted by Gasteiger charge is -2.23. The summed E-state index contributed by atoms with van der Waals surface area (Å²) in [6.07, 6.45) is 1.18. The van der Waals surface area contributed by atoms with Crippen molar-refractivity contribution in [2.75, 3.05) is 0 Å². The number of hydrogen-bond acceptors (Lipinski definition) is 3. The number of aromatic nitrogens is 3. The minimum atomic E-state index is -0.238. The number of rotatable bonds is 1. The van der Waals surface area contributed by atoms with Gasteiger partial charge in [0.25, 0.3) is 5.56 Å². The topological polar surface area (TPSA) is 78.6 Å². The number of pyridine rings is 1. The number of ketones is 1. The fraction of sp³-hybridized carbons (Fsp3) is 0.188. The first-order valence-electron chi connectivity index (χ1n) is 6.91. The highest BCUT2D eigenvalue weighted by atomic mass is 16.1. The molecule has 0 spiro atoms. The first kappa shape index (κ1) is 12.1. The zero-order valence-electron chi connectivity index (χ0n) is 11.2. The van der Waals surface area contributed by atoms with Crippen molar-refractivity contribution >= 4 is 16.8 Å². The van der Waals surface area contributed by atoms with Gasteiger partial charge in [0, 0.05) is 12.0 Å². The van der Waals surface area contributed by atoms with E-state index in [1.165, 1.54) is 0 Å². The summed E-state index contributed by atoms with van der Waals surface area (Å²) in [6.45, 7) is 0. The molecule has 1 aliphatic carbocycles. The van der Waals surface area contributed by atoms with Crippen LogP contribution in [0.25, 0.3) is 11.0 Å². The molecule has 0 bridgehead atoms. The standard InChI is InChI=1S/C16H13N3O2/c20-14-7-10(9-4-2-1-3-5-9)6-13-11(14)8-12-15(17-13)18-19-16(12)21/h1-5,8,10H,6-7H2,(H2,17,18,19,21)/t10-/m1/s1. The van der Waals surface area contributed by atoms with Crippen LogP contribution < -0.4 is 5.56 Å². The molecule has 104 valence electrons. The fourth-order valence-corrected chi connectivity index (χ4v) is 3.00. The Hall–Kier alpha value is -2.69. The van der Waals surface area contributed by atoms with E-state index in [9.17, 15) is 9.59 Å². The predicted octanol–water partition coefficient (Wildman–Crippen LogP) is 2.16. The van der Waals surface area contributed by atoms with E-state index in [0.29, 0.717) is 29.4 Å². The Morgan fingerprint density at radius 3 is 2.67 bits per heavy atom. The van der Waals surface area contributed by atoms with Gasteiger partial charge < -0.3 is 0 Å². The number of nitrogens with zero attached hydrogens (tertiary/aromatic N) is 1.